The fraction of sp³-hybridized carbons (Fsp3) is 0.462. The highest BCUT2D eigenvalue weighted by atomic mass is 79.9. The van der Waals surface area contributed by atoms with Crippen LogP contribution in [0, 0.1) is 0 Å². The number of amides is 1. The summed E-state index contributed by atoms with van der Waals surface area (Å²) in [5, 5.41) is 0. The Balaban J connectivity index is 2.12. The zero-order valence-electron chi connectivity index (χ0n) is 11.5. The Kier molecular flexibility index (Phi) is 5.45. The molecular formula is C13H16Br2N2O3S. The quantitative estimate of drug-likeness (QED) is 0.786. The topological polar surface area (TPSA) is 66.5 Å². The van der Waals surface area contributed by atoms with Crippen molar-refractivity contribution in [2.24, 2.45) is 0 Å². The molecule has 1 aliphatic rings. The lowest BCUT2D eigenvalue weighted by Gasteiger charge is -2.33. The van der Waals surface area contributed by atoms with E-state index in [0.717, 1.165) is 28.0 Å². The van der Waals surface area contributed by atoms with Crippen LogP contribution in [0.4, 0.5) is 0 Å². The van der Waals surface area contributed by atoms with Crippen LogP contribution < -0.4 is 4.72 Å². The smallest absolute Gasteiger partial charge is 0.255 e. The van der Waals surface area contributed by atoms with E-state index in [4.69, 9.17) is 0 Å². The highest BCUT2D eigenvalue weighted by Gasteiger charge is 2.27. The third-order valence-corrected chi connectivity index (χ3v) is 5.16. The first-order valence-corrected chi connectivity index (χ1v) is 9.95. The number of carbonyl (C=O) groups excluding carboxylic acids is 1. The lowest BCUT2D eigenvalue weighted by Crippen LogP contribution is -2.49. The fourth-order valence-electron chi connectivity index (χ4n) is 2.39. The lowest BCUT2D eigenvalue weighted by molar-refractivity contribution is 0.0702. The van der Waals surface area contributed by atoms with Crippen LogP contribution in [0.25, 0.3) is 0 Å². The Labute approximate surface area is 141 Å². The molecule has 1 aromatic rings. The van der Waals surface area contributed by atoms with Gasteiger partial charge in [0.25, 0.3) is 5.91 Å². The molecule has 1 atom stereocenters. The summed E-state index contributed by atoms with van der Waals surface area (Å²) in [5.41, 5.74) is 0.582. The van der Waals surface area contributed by atoms with Crippen molar-refractivity contribution in [1.82, 2.24) is 9.62 Å². The van der Waals surface area contributed by atoms with Crippen LogP contribution in [0.2, 0.25) is 0 Å². The van der Waals surface area contributed by atoms with Gasteiger partial charge < -0.3 is 4.90 Å². The summed E-state index contributed by atoms with van der Waals surface area (Å²) < 4.78 is 26.8. The number of carbonyl (C=O) groups is 1. The summed E-state index contributed by atoms with van der Waals surface area (Å²) in [6.45, 7) is 1.04. The zero-order valence-corrected chi connectivity index (χ0v) is 15.5. The molecule has 1 aromatic carbocycles. The van der Waals surface area contributed by atoms with Crippen molar-refractivity contribution in [3.63, 3.8) is 0 Å². The summed E-state index contributed by atoms with van der Waals surface area (Å²) in [5.74, 6) is -0.0885. The van der Waals surface area contributed by atoms with Crippen LogP contribution in [0.5, 0.6) is 0 Å². The Hall–Kier alpha value is -0.440. The number of likely N-dealkylation sites (tertiary alicyclic amines) is 1. The fourth-order valence-corrected chi connectivity index (χ4v) is 4.41. The number of nitrogens with zero attached hydrogens (tertiary/aromatic N) is 1. The van der Waals surface area contributed by atoms with E-state index in [1.807, 2.05) is 12.1 Å². The maximum Gasteiger partial charge on any atom is 0.255 e. The molecule has 0 aliphatic carbocycles. The molecule has 1 saturated heterocycles. The third kappa shape index (κ3) is 4.77. The van der Waals surface area contributed by atoms with Gasteiger partial charge in [-0.25, -0.2) is 13.1 Å². The predicted molar refractivity (Wildman–Crippen MR) is 88.7 cm³/mol. The highest BCUT2D eigenvalue weighted by Crippen LogP contribution is 2.24. The van der Waals surface area contributed by atoms with E-state index >= 15 is 0 Å². The molecular weight excluding hydrogens is 424 g/mol. The van der Waals surface area contributed by atoms with Gasteiger partial charge in [0.05, 0.1) is 11.8 Å². The Bertz CT molecular complexity index is 649. The van der Waals surface area contributed by atoms with Crippen molar-refractivity contribution in [3.8, 4) is 0 Å². The Morgan fingerprint density at radius 3 is 2.71 bits per heavy atom. The van der Waals surface area contributed by atoms with Gasteiger partial charge in [-0.3, -0.25) is 4.79 Å². The number of nitrogens with one attached hydrogen (secondary N) is 1. The van der Waals surface area contributed by atoms with Crippen molar-refractivity contribution >= 4 is 47.8 Å². The van der Waals surface area contributed by atoms with Crippen molar-refractivity contribution in [1.29, 1.82) is 0 Å². The van der Waals surface area contributed by atoms with Crippen LogP contribution in [0.3, 0.4) is 0 Å². The number of piperidine rings is 1. The predicted octanol–water partition coefficient (Wildman–Crippen LogP) is 2.37. The van der Waals surface area contributed by atoms with Gasteiger partial charge in [-0.2, -0.15) is 0 Å². The van der Waals surface area contributed by atoms with Gasteiger partial charge in [0.2, 0.25) is 10.0 Å². The molecule has 116 valence electrons. The van der Waals surface area contributed by atoms with E-state index in [0.29, 0.717) is 18.7 Å². The first-order chi connectivity index (χ1) is 9.76. The van der Waals surface area contributed by atoms with Crippen LogP contribution in [-0.4, -0.2) is 44.6 Å². The van der Waals surface area contributed by atoms with Gasteiger partial charge in [-0.15, -0.1) is 0 Å². The molecule has 1 unspecified atom stereocenters. The summed E-state index contributed by atoms with van der Waals surface area (Å²) in [7, 11) is -3.25. The van der Waals surface area contributed by atoms with E-state index in [-0.39, 0.29) is 11.9 Å². The normalized spacial score (nSPS) is 19.6. The second-order valence-corrected chi connectivity index (χ2v) is 8.65. The summed E-state index contributed by atoms with van der Waals surface area (Å²) >= 11 is 6.74. The van der Waals surface area contributed by atoms with Gasteiger partial charge >= 0.3 is 0 Å². The molecule has 21 heavy (non-hydrogen) atoms. The number of hydrogen-bond acceptors (Lipinski definition) is 3. The summed E-state index contributed by atoms with van der Waals surface area (Å²) in [6, 6.07) is 5.17. The van der Waals surface area contributed by atoms with Crippen LogP contribution in [0.15, 0.2) is 27.1 Å². The first kappa shape index (κ1) is 16.9. The van der Waals surface area contributed by atoms with Gasteiger partial charge in [-0.05, 0) is 47.0 Å². The molecule has 1 amide bonds. The number of rotatable bonds is 3. The lowest BCUT2D eigenvalue weighted by atomic mass is 10.1. The van der Waals surface area contributed by atoms with Gasteiger partial charge in [0.15, 0.2) is 0 Å². The van der Waals surface area contributed by atoms with E-state index in [1.165, 1.54) is 0 Å². The second-order valence-electron chi connectivity index (χ2n) is 5.10. The minimum atomic E-state index is -3.25. The largest absolute Gasteiger partial charge is 0.337 e. The summed E-state index contributed by atoms with van der Waals surface area (Å²) in [4.78, 5) is 14.2. The standard InChI is InChI=1S/C13H16Br2N2O3S/c1-21(19,20)16-10-3-2-6-17(8-10)13(18)11-5-4-9(14)7-12(11)15/h4-5,7,10,16H,2-3,6,8H2,1H3. The van der Waals surface area contributed by atoms with E-state index < -0.39 is 10.0 Å². The van der Waals surface area contributed by atoms with Crippen molar-refractivity contribution in [2.45, 2.75) is 18.9 Å². The van der Waals surface area contributed by atoms with Gasteiger partial charge in [-0.1, -0.05) is 15.9 Å². The number of benzene rings is 1. The minimum absolute atomic E-state index is 0.0885. The minimum Gasteiger partial charge on any atom is -0.337 e. The van der Waals surface area contributed by atoms with Crippen LogP contribution >= 0.6 is 31.9 Å². The molecule has 0 aromatic heterocycles. The molecule has 0 saturated carbocycles. The van der Waals surface area contributed by atoms with Crippen LogP contribution in [0.1, 0.15) is 23.2 Å². The molecule has 0 spiro atoms. The molecule has 2 rings (SSSR count). The number of sulfonamides is 1. The Morgan fingerprint density at radius 1 is 1.38 bits per heavy atom. The second kappa shape index (κ2) is 6.76. The molecule has 0 radical (unpaired) electrons. The molecule has 1 fully saturated rings. The average Bonchev–Trinajstić information content (AvgIpc) is 2.36. The monoisotopic (exact) mass is 438 g/mol. The van der Waals surface area contributed by atoms with Gasteiger partial charge in [0.1, 0.15) is 0 Å². The van der Waals surface area contributed by atoms with E-state index in [9.17, 15) is 13.2 Å². The summed E-state index contributed by atoms with van der Waals surface area (Å²) in [6.07, 6.45) is 2.67. The Morgan fingerprint density at radius 2 is 2.10 bits per heavy atom. The molecule has 1 heterocycles. The molecule has 5 nitrogen and oxygen atoms in total. The molecule has 0 bridgehead atoms. The van der Waals surface area contributed by atoms with Crippen LogP contribution in [-0.2, 0) is 10.0 Å². The SMILES string of the molecule is CS(=O)(=O)NC1CCCN(C(=O)c2ccc(Br)cc2Br)C1. The van der Waals surface area contributed by atoms with Gasteiger partial charge in [0, 0.05) is 28.1 Å². The number of hydrogen-bond donors (Lipinski definition) is 1. The van der Waals surface area contributed by atoms with E-state index in [2.05, 4.69) is 36.6 Å². The van der Waals surface area contributed by atoms with Crippen molar-refractivity contribution in [3.05, 3.63) is 32.7 Å². The maximum absolute atomic E-state index is 12.5. The molecule has 1 aliphatic heterocycles. The third-order valence-electron chi connectivity index (χ3n) is 3.25. The number of halogens is 2. The molecule has 1 N–H and O–H groups in total. The average molecular weight is 440 g/mol. The first-order valence-electron chi connectivity index (χ1n) is 6.48. The maximum atomic E-state index is 12.5. The van der Waals surface area contributed by atoms with E-state index in [1.54, 1.807) is 11.0 Å². The highest BCUT2D eigenvalue weighted by molar-refractivity contribution is 9.11. The molecule has 8 heteroatoms. The van der Waals surface area contributed by atoms with Crippen molar-refractivity contribution < 1.29 is 13.2 Å². The van der Waals surface area contributed by atoms with Crippen molar-refractivity contribution in [2.75, 3.05) is 19.3 Å². The zero-order chi connectivity index (χ0) is 15.6.